The van der Waals surface area contributed by atoms with Gasteiger partial charge in [0.05, 0.1) is 11.7 Å². The summed E-state index contributed by atoms with van der Waals surface area (Å²) in [6.45, 7) is 10.0. The minimum absolute atomic E-state index is 0.273. The van der Waals surface area contributed by atoms with Crippen LogP contribution in [-0.2, 0) is 0 Å². The van der Waals surface area contributed by atoms with E-state index in [2.05, 4.69) is 42.8 Å². The van der Waals surface area contributed by atoms with Crippen LogP contribution in [0.2, 0.25) is 0 Å². The Morgan fingerprint density at radius 3 is 2.70 bits per heavy atom. The molecule has 1 aliphatic heterocycles. The predicted octanol–water partition coefficient (Wildman–Crippen LogP) is 3.23. The Balaban J connectivity index is 2.05. The van der Waals surface area contributed by atoms with E-state index in [1.807, 2.05) is 12.3 Å². The normalized spacial score (nSPS) is 23.3. The van der Waals surface area contributed by atoms with Gasteiger partial charge in [0.25, 0.3) is 0 Å². The largest absolute Gasteiger partial charge is 0.329 e. The molecule has 0 saturated carbocycles. The highest BCUT2D eigenvalue weighted by Crippen LogP contribution is 2.35. The van der Waals surface area contributed by atoms with E-state index in [1.54, 1.807) is 0 Å². The smallest absolute Gasteiger partial charge is 0.0644 e. The standard InChI is InChI=1S/C17H29N3/c1-17(2,3)14-7-6-11-20(12-9-14)16(13-18)15-8-4-5-10-19-15/h4-5,8,10,14,16H,6-7,9,11-13,18H2,1-3H3. The van der Waals surface area contributed by atoms with Crippen molar-refractivity contribution in [1.82, 2.24) is 9.88 Å². The summed E-state index contributed by atoms with van der Waals surface area (Å²) in [4.78, 5) is 7.04. The number of nitrogens with two attached hydrogens (primary N) is 1. The fourth-order valence-corrected chi connectivity index (χ4v) is 3.33. The lowest BCUT2D eigenvalue weighted by Crippen LogP contribution is -2.35. The summed E-state index contributed by atoms with van der Waals surface area (Å²) >= 11 is 0. The van der Waals surface area contributed by atoms with Crippen molar-refractivity contribution >= 4 is 0 Å². The molecule has 2 heterocycles. The highest BCUT2D eigenvalue weighted by molar-refractivity contribution is 5.09. The van der Waals surface area contributed by atoms with E-state index in [9.17, 15) is 0 Å². The third kappa shape index (κ3) is 3.80. The summed E-state index contributed by atoms with van der Waals surface area (Å²) in [6.07, 6.45) is 5.74. The Hall–Kier alpha value is -0.930. The lowest BCUT2D eigenvalue weighted by Gasteiger charge is -2.31. The van der Waals surface area contributed by atoms with Gasteiger partial charge in [-0.3, -0.25) is 9.88 Å². The molecule has 0 radical (unpaired) electrons. The molecule has 0 spiro atoms. The molecule has 0 aliphatic carbocycles. The lowest BCUT2D eigenvalue weighted by atomic mass is 9.77. The summed E-state index contributed by atoms with van der Waals surface area (Å²) in [6, 6.07) is 6.40. The van der Waals surface area contributed by atoms with Crippen molar-refractivity contribution < 1.29 is 0 Å². The number of rotatable bonds is 3. The van der Waals surface area contributed by atoms with Gasteiger partial charge in [0.2, 0.25) is 0 Å². The Kier molecular flexibility index (Phi) is 5.17. The maximum Gasteiger partial charge on any atom is 0.0644 e. The number of hydrogen-bond acceptors (Lipinski definition) is 3. The van der Waals surface area contributed by atoms with Gasteiger partial charge >= 0.3 is 0 Å². The number of aromatic nitrogens is 1. The van der Waals surface area contributed by atoms with Crippen LogP contribution in [0, 0.1) is 11.3 Å². The van der Waals surface area contributed by atoms with Crippen LogP contribution in [0.15, 0.2) is 24.4 Å². The molecule has 1 aliphatic rings. The molecule has 0 aromatic carbocycles. The zero-order valence-electron chi connectivity index (χ0n) is 13.2. The molecular formula is C17H29N3. The number of likely N-dealkylation sites (tertiary alicyclic amines) is 1. The summed E-state index contributed by atoms with van der Waals surface area (Å²) < 4.78 is 0. The second-order valence-electron chi connectivity index (χ2n) is 7.04. The first-order valence-electron chi connectivity index (χ1n) is 7.87. The average Bonchev–Trinajstić information content (AvgIpc) is 2.67. The molecule has 2 unspecified atom stereocenters. The van der Waals surface area contributed by atoms with Gasteiger partial charge in [-0.2, -0.15) is 0 Å². The fraction of sp³-hybridized carbons (Fsp3) is 0.706. The van der Waals surface area contributed by atoms with Gasteiger partial charge in [-0.25, -0.2) is 0 Å². The summed E-state index contributed by atoms with van der Waals surface area (Å²) in [7, 11) is 0. The molecule has 2 N–H and O–H groups in total. The van der Waals surface area contributed by atoms with Crippen molar-refractivity contribution in [1.29, 1.82) is 0 Å². The molecule has 112 valence electrons. The van der Waals surface area contributed by atoms with Crippen LogP contribution in [0.3, 0.4) is 0 Å². The molecule has 2 rings (SSSR count). The molecule has 3 nitrogen and oxygen atoms in total. The Morgan fingerprint density at radius 2 is 2.10 bits per heavy atom. The Labute approximate surface area is 123 Å². The van der Waals surface area contributed by atoms with Gasteiger partial charge in [-0.05, 0) is 55.8 Å². The molecular weight excluding hydrogens is 246 g/mol. The monoisotopic (exact) mass is 275 g/mol. The zero-order chi connectivity index (χ0) is 14.6. The van der Waals surface area contributed by atoms with Gasteiger partial charge in [0, 0.05) is 12.7 Å². The highest BCUT2D eigenvalue weighted by Gasteiger charge is 2.29. The predicted molar refractivity (Wildman–Crippen MR) is 84.4 cm³/mol. The van der Waals surface area contributed by atoms with Crippen molar-refractivity contribution in [2.75, 3.05) is 19.6 Å². The minimum Gasteiger partial charge on any atom is -0.329 e. The van der Waals surface area contributed by atoms with Crippen molar-refractivity contribution in [2.24, 2.45) is 17.1 Å². The van der Waals surface area contributed by atoms with Crippen LogP contribution in [0.4, 0.5) is 0 Å². The van der Waals surface area contributed by atoms with Crippen LogP contribution in [-0.4, -0.2) is 29.5 Å². The SMILES string of the molecule is CC(C)(C)C1CCCN(C(CN)c2ccccn2)CC1. The highest BCUT2D eigenvalue weighted by atomic mass is 15.2. The second-order valence-corrected chi connectivity index (χ2v) is 7.04. The molecule has 20 heavy (non-hydrogen) atoms. The quantitative estimate of drug-likeness (QED) is 0.921. The Bertz CT molecular complexity index is 396. The van der Waals surface area contributed by atoms with Crippen LogP contribution < -0.4 is 5.73 Å². The van der Waals surface area contributed by atoms with Crippen molar-refractivity contribution in [3.63, 3.8) is 0 Å². The van der Waals surface area contributed by atoms with Crippen molar-refractivity contribution in [3.8, 4) is 0 Å². The number of hydrogen-bond donors (Lipinski definition) is 1. The van der Waals surface area contributed by atoms with E-state index >= 15 is 0 Å². The number of nitrogens with zero attached hydrogens (tertiary/aromatic N) is 2. The van der Waals surface area contributed by atoms with E-state index in [1.165, 1.54) is 19.3 Å². The number of pyridine rings is 1. The molecule has 2 atom stereocenters. The summed E-state index contributed by atoms with van der Waals surface area (Å²) in [5, 5.41) is 0. The lowest BCUT2D eigenvalue weighted by molar-refractivity contribution is 0.183. The van der Waals surface area contributed by atoms with E-state index in [0.717, 1.165) is 24.7 Å². The molecule has 0 bridgehead atoms. The van der Waals surface area contributed by atoms with Gasteiger partial charge < -0.3 is 5.73 Å². The van der Waals surface area contributed by atoms with Gasteiger partial charge in [-0.1, -0.05) is 26.8 Å². The molecule has 3 heteroatoms. The minimum atomic E-state index is 0.273. The van der Waals surface area contributed by atoms with Gasteiger partial charge in [0.15, 0.2) is 0 Å². The topological polar surface area (TPSA) is 42.1 Å². The van der Waals surface area contributed by atoms with Gasteiger partial charge in [-0.15, -0.1) is 0 Å². The van der Waals surface area contributed by atoms with E-state index in [0.29, 0.717) is 12.0 Å². The van der Waals surface area contributed by atoms with E-state index in [-0.39, 0.29) is 6.04 Å². The zero-order valence-corrected chi connectivity index (χ0v) is 13.2. The van der Waals surface area contributed by atoms with E-state index in [4.69, 9.17) is 5.73 Å². The van der Waals surface area contributed by atoms with Gasteiger partial charge in [0.1, 0.15) is 0 Å². The summed E-state index contributed by atoms with van der Waals surface area (Å²) in [5.41, 5.74) is 7.56. The second kappa shape index (κ2) is 6.68. The first kappa shape index (κ1) is 15.5. The molecule has 1 fully saturated rings. The molecule has 1 aromatic rings. The molecule has 1 saturated heterocycles. The fourth-order valence-electron chi connectivity index (χ4n) is 3.33. The van der Waals surface area contributed by atoms with Crippen molar-refractivity contribution in [3.05, 3.63) is 30.1 Å². The van der Waals surface area contributed by atoms with Crippen LogP contribution in [0.1, 0.15) is 51.8 Å². The van der Waals surface area contributed by atoms with Crippen molar-refractivity contribution in [2.45, 2.75) is 46.1 Å². The van der Waals surface area contributed by atoms with Crippen LogP contribution >= 0.6 is 0 Å². The summed E-state index contributed by atoms with van der Waals surface area (Å²) in [5.74, 6) is 0.814. The van der Waals surface area contributed by atoms with Crippen LogP contribution in [0.25, 0.3) is 0 Å². The first-order chi connectivity index (χ1) is 9.52. The third-order valence-electron chi connectivity index (χ3n) is 4.68. The first-order valence-corrected chi connectivity index (χ1v) is 7.87. The molecule has 1 aromatic heterocycles. The Morgan fingerprint density at radius 1 is 1.30 bits per heavy atom. The maximum absolute atomic E-state index is 6.03. The van der Waals surface area contributed by atoms with E-state index < -0.39 is 0 Å². The maximum atomic E-state index is 6.03. The average molecular weight is 275 g/mol. The van der Waals surface area contributed by atoms with Crippen LogP contribution in [0.5, 0.6) is 0 Å². The third-order valence-corrected chi connectivity index (χ3v) is 4.68. The molecule has 0 amide bonds.